The summed E-state index contributed by atoms with van der Waals surface area (Å²) in [5.41, 5.74) is 3.92. The van der Waals surface area contributed by atoms with Crippen molar-refractivity contribution >= 4 is 34.4 Å². The first-order chi connectivity index (χ1) is 23.5. The van der Waals surface area contributed by atoms with Crippen LogP contribution in [0.4, 0.5) is 13.2 Å². The zero-order chi connectivity index (χ0) is 34.5. The number of ether oxygens (including phenoxy) is 1. The van der Waals surface area contributed by atoms with Gasteiger partial charge in [-0.2, -0.15) is 0 Å². The SMILES string of the molecule is O=C(N[C@H](C=C1CCC(c2ccccc2CN2CCCCC2=O)CC1)Cc1ccc(Cl)cc1)c1cc(=O)c2cc(OC(F)(F)F)ccc2o1. The van der Waals surface area contributed by atoms with Gasteiger partial charge in [0.25, 0.3) is 5.91 Å². The molecule has 4 aromatic rings. The van der Waals surface area contributed by atoms with E-state index in [1.807, 2.05) is 23.1 Å². The number of benzene rings is 3. The number of halogens is 4. The second-order valence-electron chi connectivity index (χ2n) is 12.7. The molecular weight excluding hydrogens is 657 g/mol. The lowest BCUT2D eigenvalue weighted by molar-refractivity contribution is -0.274. The van der Waals surface area contributed by atoms with Crippen molar-refractivity contribution < 1.29 is 31.9 Å². The van der Waals surface area contributed by atoms with Crippen molar-refractivity contribution in [2.75, 3.05) is 6.54 Å². The number of rotatable bonds is 9. The van der Waals surface area contributed by atoms with Crippen molar-refractivity contribution in [2.24, 2.45) is 0 Å². The van der Waals surface area contributed by atoms with Gasteiger partial charge in [-0.1, -0.05) is 59.6 Å². The number of alkyl halides is 3. The molecule has 49 heavy (non-hydrogen) atoms. The molecule has 2 heterocycles. The first-order valence-corrected chi connectivity index (χ1v) is 16.8. The standard InChI is InChI=1S/C38H36ClF3N2O5/c39-28-14-10-25(11-15-28)20-29(43-37(47)35-22-33(45)32-21-30(49-38(40,41)42)16-17-34(32)48-35)19-24-8-12-26(13-9-24)31-6-2-1-5-27(31)23-44-18-4-3-7-36(44)46/h1-2,5-6,10-11,14-17,19,21-22,26,29H,3-4,7-9,12-13,18,20,23H2,(H,43,47)/t26?,29-/m1/s1. The Balaban J connectivity index is 1.18. The highest BCUT2D eigenvalue weighted by atomic mass is 35.5. The highest BCUT2D eigenvalue weighted by Gasteiger charge is 2.31. The molecule has 0 unspecified atom stereocenters. The number of nitrogens with zero attached hydrogens (tertiary/aromatic N) is 1. The van der Waals surface area contributed by atoms with E-state index in [1.54, 1.807) is 12.1 Å². The van der Waals surface area contributed by atoms with Gasteiger partial charge >= 0.3 is 6.36 Å². The van der Waals surface area contributed by atoms with Crippen LogP contribution in [0.5, 0.6) is 5.75 Å². The van der Waals surface area contributed by atoms with Crippen molar-refractivity contribution in [3.63, 3.8) is 0 Å². The molecule has 0 spiro atoms. The third kappa shape index (κ3) is 8.92. The van der Waals surface area contributed by atoms with Crippen molar-refractivity contribution in [1.82, 2.24) is 10.2 Å². The number of fused-ring (bicyclic) bond motifs is 1. The number of carbonyl (C=O) groups excluding carboxylic acids is 2. The predicted octanol–water partition coefficient (Wildman–Crippen LogP) is 8.48. The Morgan fingerprint density at radius 2 is 1.76 bits per heavy atom. The number of amides is 2. The second kappa shape index (κ2) is 14.9. The summed E-state index contributed by atoms with van der Waals surface area (Å²) >= 11 is 6.10. The number of allylic oxidation sites excluding steroid dienone is 1. The van der Waals surface area contributed by atoms with Crippen LogP contribution in [0.2, 0.25) is 5.02 Å². The van der Waals surface area contributed by atoms with E-state index in [1.165, 1.54) is 22.8 Å². The van der Waals surface area contributed by atoms with Gasteiger partial charge in [0.1, 0.15) is 11.3 Å². The fourth-order valence-corrected chi connectivity index (χ4v) is 6.90. The molecule has 0 radical (unpaired) electrons. The van der Waals surface area contributed by atoms with Gasteiger partial charge < -0.3 is 19.4 Å². The van der Waals surface area contributed by atoms with E-state index in [0.717, 1.165) is 68.8 Å². The van der Waals surface area contributed by atoms with Gasteiger partial charge in [-0.15, -0.1) is 13.2 Å². The van der Waals surface area contributed by atoms with Crippen LogP contribution in [-0.2, 0) is 17.8 Å². The molecule has 2 fully saturated rings. The molecule has 7 nitrogen and oxygen atoms in total. The number of nitrogens with one attached hydrogen (secondary N) is 1. The average molecular weight is 693 g/mol. The fourth-order valence-electron chi connectivity index (χ4n) is 6.77. The number of hydrogen-bond acceptors (Lipinski definition) is 5. The van der Waals surface area contributed by atoms with Crippen LogP contribution in [0.15, 0.2) is 93.7 Å². The summed E-state index contributed by atoms with van der Waals surface area (Å²) in [6.07, 6.45) is 3.74. The van der Waals surface area contributed by atoms with Crippen LogP contribution in [0, 0.1) is 0 Å². The molecule has 1 saturated carbocycles. The molecule has 1 atom stereocenters. The molecule has 3 aromatic carbocycles. The van der Waals surface area contributed by atoms with Crippen molar-refractivity contribution in [2.45, 2.75) is 76.2 Å². The van der Waals surface area contributed by atoms with Crippen LogP contribution >= 0.6 is 11.6 Å². The van der Waals surface area contributed by atoms with Gasteiger partial charge in [-0.05, 0) is 97.9 Å². The molecule has 256 valence electrons. The monoisotopic (exact) mass is 692 g/mol. The maximum absolute atomic E-state index is 13.5. The minimum Gasteiger partial charge on any atom is -0.451 e. The third-order valence-corrected chi connectivity index (χ3v) is 9.44. The largest absolute Gasteiger partial charge is 0.573 e. The Kier molecular flexibility index (Phi) is 10.4. The zero-order valence-corrected chi connectivity index (χ0v) is 27.5. The number of likely N-dealkylation sites (tertiary alicyclic amines) is 1. The zero-order valence-electron chi connectivity index (χ0n) is 26.7. The molecule has 6 rings (SSSR count). The molecule has 2 aliphatic rings. The van der Waals surface area contributed by atoms with Crippen LogP contribution < -0.4 is 15.5 Å². The molecule has 1 N–H and O–H groups in total. The Bertz CT molecular complexity index is 1910. The molecule has 1 aliphatic heterocycles. The minimum absolute atomic E-state index is 0.0389. The summed E-state index contributed by atoms with van der Waals surface area (Å²) in [7, 11) is 0. The molecule has 1 saturated heterocycles. The summed E-state index contributed by atoms with van der Waals surface area (Å²) in [6, 6.07) is 19.4. The summed E-state index contributed by atoms with van der Waals surface area (Å²) in [6.45, 7) is 1.43. The fraction of sp³-hybridized carbons (Fsp3) is 0.342. The molecule has 2 amide bonds. The number of carbonyl (C=O) groups is 2. The highest BCUT2D eigenvalue weighted by Crippen LogP contribution is 2.38. The first kappa shape index (κ1) is 34.3. The van der Waals surface area contributed by atoms with E-state index in [-0.39, 0.29) is 22.6 Å². The third-order valence-electron chi connectivity index (χ3n) is 9.18. The molecule has 1 aromatic heterocycles. The summed E-state index contributed by atoms with van der Waals surface area (Å²) in [5.74, 6) is -0.869. The summed E-state index contributed by atoms with van der Waals surface area (Å²) in [4.78, 5) is 40.8. The Labute approximate surface area is 286 Å². The van der Waals surface area contributed by atoms with Crippen molar-refractivity contribution in [1.29, 1.82) is 0 Å². The topological polar surface area (TPSA) is 88.9 Å². The molecule has 1 aliphatic carbocycles. The van der Waals surface area contributed by atoms with E-state index in [9.17, 15) is 27.6 Å². The van der Waals surface area contributed by atoms with Crippen LogP contribution in [0.25, 0.3) is 11.0 Å². The maximum Gasteiger partial charge on any atom is 0.573 e. The summed E-state index contributed by atoms with van der Waals surface area (Å²) in [5, 5.41) is 3.44. The van der Waals surface area contributed by atoms with Crippen LogP contribution in [0.1, 0.15) is 78.1 Å². The van der Waals surface area contributed by atoms with E-state index >= 15 is 0 Å². The molecule has 0 bridgehead atoms. The average Bonchev–Trinajstić information content (AvgIpc) is 3.07. The molecular formula is C38H36ClF3N2O5. The quantitative estimate of drug-likeness (QED) is 0.178. The van der Waals surface area contributed by atoms with E-state index in [0.29, 0.717) is 30.3 Å². The normalized spacial score (nSPS) is 17.6. The second-order valence-corrected chi connectivity index (χ2v) is 13.1. The smallest absolute Gasteiger partial charge is 0.451 e. The van der Waals surface area contributed by atoms with Crippen LogP contribution in [-0.4, -0.2) is 35.7 Å². The van der Waals surface area contributed by atoms with E-state index in [2.05, 4.69) is 34.3 Å². The van der Waals surface area contributed by atoms with Gasteiger partial charge in [0.2, 0.25) is 5.91 Å². The lowest BCUT2D eigenvalue weighted by Crippen LogP contribution is -2.36. The lowest BCUT2D eigenvalue weighted by atomic mass is 9.79. The van der Waals surface area contributed by atoms with Crippen molar-refractivity contribution in [3.05, 3.63) is 122 Å². The van der Waals surface area contributed by atoms with Gasteiger partial charge in [-0.25, -0.2) is 0 Å². The first-order valence-electron chi connectivity index (χ1n) is 16.4. The van der Waals surface area contributed by atoms with Crippen molar-refractivity contribution in [3.8, 4) is 5.75 Å². The molecule has 11 heteroatoms. The van der Waals surface area contributed by atoms with Gasteiger partial charge in [0.05, 0.1) is 11.4 Å². The minimum atomic E-state index is -4.92. The van der Waals surface area contributed by atoms with Gasteiger partial charge in [-0.3, -0.25) is 14.4 Å². The Morgan fingerprint density at radius 1 is 1.00 bits per heavy atom. The number of hydrogen-bond donors (Lipinski definition) is 1. The highest BCUT2D eigenvalue weighted by molar-refractivity contribution is 6.30. The number of piperidine rings is 1. The van der Waals surface area contributed by atoms with E-state index in [4.69, 9.17) is 16.0 Å². The Hall–Kier alpha value is -4.57. The van der Waals surface area contributed by atoms with E-state index < -0.39 is 29.5 Å². The van der Waals surface area contributed by atoms with Crippen LogP contribution in [0.3, 0.4) is 0 Å². The van der Waals surface area contributed by atoms with Gasteiger partial charge in [0.15, 0.2) is 11.2 Å². The maximum atomic E-state index is 13.5. The summed E-state index contributed by atoms with van der Waals surface area (Å²) < 4.78 is 47.6. The Morgan fingerprint density at radius 3 is 2.49 bits per heavy atom. The predicted molar refractivity (Wildman–Crippen MR) is 181 cm³/mol. The lowest BCUT2D eigenvalue weighted by Gasteiger charge is -2.31. The van der Waals surface area contributed by atoms with Gasteiger partial charge in [0, 0.05) is 30.6 Å².